The molecule has 2 heteroatoms. The number of rotatable bonds is 0. The van der Waals surface area contributed by atoms with Crippen LogP contribution in [0.2, 0.25) is 0 Å². The number of nitriles is 1. The molecule has 0 amide bonds. The van der Waals surface area contributed by atoms with E-state index < -0.39 is 0 Å². The molecule has 0 saturated heterocycles. The molecule has 0 bridgehead atoms. The average molecular weight is 208 g/mol. The molecule has 16 heavy (non-hydrogen) atoms. The topological polar surface area (TPSA) is 28.7 Å². The Hall–Kier alpha value is -1.75. The van der Waals surface area contributed by atoms with Crippen LogP contribution in [0, 0.1) is 17.8 Å². The van der Waals surface area contributed by atoms with Crippen LogP contribution in [-0.4, -0.2) is 4.57 Å². The summed E-state index contributed by atoms with van der Waals surface area (Å²) < 4.78 is 2.18. The highest BCUT2D eigenvalue weighted by atomic mass is 15.0. The van der Waals surface area contributed by atoms with Crippen molar-refractivity contribution in [2.45, 2.75) is 19.3 Å². The molecule has 1 aromatic heterocycles. The lowest BCUT2D eigenvalue weighted by Gasteiger charge is -2.12. The lowest BCUT2D eigenvalue weighted by atomic mass is 9.95. The molecule has 2 aromatic rings. The van der Waals surface area contributed by atoms with Crippen molar-refractivity contribution in [1.29, 1.82) is 5.26 Å². The number of benzene rings is 1. The van der Waals surface area contributed by atoms with Gasteiger partial charge < -0.3 is 4.57 Å². The fourth-order valence-electron chi connectivity index (χ4n) is 2.67. The van der Waals surface area contributed by atoms with Crippen molar-refractivity contribution in [1.82, 2.24) is 4.57 Å². The Balaban J connectivity index is 2.45. The zero-order valence-corrected chi connectivity index (χ0v) is 9.25. The van der Waals surface area contributed by atoms with Crippen LogP contribution in [-0.2, 0) is 19.9 Å². The van der Waals surface area contributed by atoms with Crippen LogP contribution >= 0.6 is 0 Å². The lowest BCUT2D eigenvalue weighted by molar-refractivity contribution is 0.752. The maximum absolute atomic E-state index is 9.14. The van der Waals surface area contributed by atoms with E-state index in [1.807, 2.05) is 12.1 Å². The van der Waals surface area contributed by atoms with Gasteiger partial charge in [0.2, 0.25) is 0 Å². The van der Waals surface area contributed by atoms with E-state index in [1.54, 1.807) is 0 Å². The van der Waals surface area contributed by atoms with Gasteiger partial charge >= 0.3 is 0 Å². The molecule has 0 atom stereocenters. The summed E-state index contributed by atoms with van der Waals surface area (Å²) in [6, 6.07) is 8.25. The lowest BCUT2D eigenvalue weighted by Crippen LogP contribution is -2.05. The summed E-state index contributed by atoms with van der Waals surface area (Å²) in [5, 5.41) is 10.4. The summed E-state index contributed by atoms with van der Waals surface area (Å²) in [7, 11) is 2.06. The van der Waals surface area contributed by atoms with E-state index >= 15 is 0 Å². The minimum absolute atomic E-state index is 0.773. The highest BCUT2D eigenvalue weighted by Gasteiger charge is 2.19. The highest BCUT2D eigenvalue weighted by molar-refractivity contribution is 5.90. The maximum Gasteiger partial charge on any atom is 0.101 e. The van der Waals surface area contributed by atoms with Gasteiger partial charge in [0, 0.05) is 18.1 Å². The summed E-state index contributed by atoms with van der Waals surface area (Å²) in [5.41, 5.74) is 4.59. The SMILES string of the molecule is Cn1c2c(c3cccc(C#N)c31)C[C]CC2. The number of para-hydroxylation sites is 1. The fourth-order valence-corrected chi connectivity index (χ4v) is 2.67. The molecule has 0 unspecified atom stereocenters. The molecule has 0 N–H and O–H groups in total. The minimum Gasteiger partial charge on any atom is -0.346 e. The molecule has 2 nitrogen and oxygen atoms in total. The number of fused-ring (bicyclic) bond motifs is 3. The molecular weight excluding hydrogens is 196 g/mol. The van der Waals surface area contributed by atoms with Gasteiger partial charge in [0.05, 0.1) is 11.1 Å². The first-order chi connectivity index (χ1) is 7.83. The van der Waals surface area contributed by atoms with E-state index in [2.05, 4.69) is 30.2 Å². The van der Waals surface area contributed by atoms with Gasteiger partial charge in [-0.2, -0.15) is 5.26 Å². The summed E-state index contributed by atoms with van der Waals surface area (Å²) in [6.45, 7) is 0. The normalized spacial score (nSPS) is 14.8. The molecule has 1 heterocycles. The largest absolute Gasteiger partial charge is 0.346 e. The van der Waals surface area contributed by atoms with Crippen molar-refractivity contribution >= 4 is 10.9 Å². The Morgan fingerprint density at radius 3 is 3.12 bits per heavy atom. The van der Waals surface area contributed by atoms with E-state index in [0.717, 1.165) is 30.3 Å². The molecule has 0 fully saturated rings. The summed E-state index contributed by atoms with van der Waals surface area (Å²) in [5.74, 6) is 0. The zero-order chi connectivity index (χ0) is 11.1. The number of aromatic nitrogens is 1. The predicted molar refractivity (Wildman–Crippen MR) is 62.9 cm³/mol. The van der Waals surface area contributed by atoms with E-state index in [1.165, 1.54) is 16.6 Å². The molecule has 1 aromatic carbocycles. The molecule has 3 rings (SSSR count). The van der Waals surface area contributed by atoms with Gasteiger partial charge in [-0.05, 0) is 37.3 Å². The van der Waals surface area contributed by atoms with E-state index in [4.69, 9.17) is 5.26 Å². The Morgan fingerprint density at radius 2 is 2.31 bits per heavy atom. The second-order valence-electron chi connectivity index (χ2n) is 4.22. The van der Waals surface area contributed by atoms with Gasteiger partial charge in [-0.15, -0.1) is 0 Å². The quantitative estimate of drug-likeness (QED) is 0.654. The van der Waals surface area contributed by atoms with Crippen LogP contribution in [0.3, 0.4) is 0 Å². The van der Waals surface area contributed by atoms with Gasteiger partial charge in [0.25, 0.3) is 0 Å². The average Bonchev–Trinajstić information content (AvgIpc) is 2.64. The maximum atomic E-state index is 9.14. The Labute approximate surface area is 95.1 Å². The van der Waals surface area contributed by atoms with Crippen LogP contribution < -0.4 is 0 Å². The van der Waals surface area contributed by atoms with Crippen LogP contribution in [0.25, 0.3) is 10.9 Å². The third-order valence-electron chi connectivity index (χ3n) is 3.41. The molecule has 78 valence electrons. The van der Waals surface area contributed by atoms with Gasteiger partial charge in [0.1, 0.15) is 6.07 Å². The van der Waals surface area contributed by atoms with Gasteiger partial charge in [0.15, 0.2) is 0 Å². The summed E-state index contributed by atoms with van der Waals surface area (Å²) in [4.78, 5) is 0. The fraction of sp³-hybridized carbons (Fsp3) is 0.286. The third-order valence-corrected chi connectivity index (χ3v) is 3.41. The number of hydrogen-bond donors (Lipinski definition) is 0. The minimum atomic E-state index is 0.773. The standard InChI is InChI=1S/C14H12N2/c1-16-13-8-3-2-6-11(13)12-7-4-5-10(9-15)14(12)16/h4-5,7H,3,6,8H2,1H3. The smallest absolute Gasteiger partial charge is 0.101 e. The van der Waals surface area contributed by atoms with Gasteiger partial charge in [-0.3, -0.25) is 0 Å². The van der Waals surface area contributed by atoms with Gasteiger partial charge in [-0.25, -0.2) is 0 Å². The number of aryl methyl sites for hydroxylation is 1. The van der Waals surface area contributed by atoms with Crippen LogP contribution in [0.5, 0.6) is 0 Å². The second-order valence-corrected chi connectivity index (χ2v) is 4.22. The van der Waals surface area contributed by atoms with Crippen LogP contribution in [0.4, 0.5) is 0 Å². The van der Waals surface area contributed by atoms with Crippen molar-refractivity contribution in [3.05, 3.63) is 41.4 Å². The molecule has 0 aliphatic heterocycles. The first-order valence-corrected chi connectivity index (χ1v) is 5.53. The first kappa shape index (κ1) is 9.47. The van der Waals surface area contributed by atoms with Crippen molar-refractivity contribution in [3.8, 4) is 6.07 Å². The zero-order valence-electron chi connectivity index (χ0n) is 9.25. The Bertz CT molecular complexity index is 599. The third kappa shape index (κ3) is 1.12. The van der Waals surface area contributed by atoms with Crippen molar-refractivity contribution in [3.63, 3.8) is 0 Å². The van der Waals surface area contributed by atoms with Crippen molar-refractivity contribution < 1.29 is 0 Å². The van der Waals surface area contributed by atoms with Crippen LogP contribution in [0.15, 0.2) is 18.2 Å². The first-order valence-electron chi connectivity index (χ1n) is 5.53. The van der Waals surface area contributed by atoms with Gasteiger partial charge in [-0.1, -0.05) is 12.1 Å². The predicted octanol–water partition coefficient (Wildman–Crippen LogP) is 2.62. The highest BCUT2D eigenvalue weighted by Crippen LogP contribution is 2.32. The molecule has 1 aliphatic carbocycles. The molecular formula is C14H12N2. The van der Waals surface area contributed by atoms with E-state index in [0.29, 0.717) is 0 Å². The Kier molecular flexibility index (Phi) is 2.00. The number of hydrogen-bond acceptors (Lipinski definition) is 1. The summed E-state index contributed by atoms with van der Waals surface area (Å²) >= 11 is 0. The summed E-state index contributed by atoms with van der Waals surface area (Å²) in [6.07, 6.45) is 6.38. The van der Waals surface area contributed by atoms with Crippen LogP contribution in [0.1, 0.15) is 23.2 Å². The molecule has 0 saturated carbocycles. The van der Waals surface area contributed by atoms with E-state index in [-0.39, 0.29) is 0 Å². The van der Waals surface area contributed by atoms with E-state index in [9.17, 15) is 0 Å². The number of nitrogens with zero attached hydrogens (tertiary/aromatic N) is 2. The molecule has 2 radical (unpaired) electrons. The van der Waals surface area contributed by atoms with Crippen molar-refractivity contribution in [2.24, 2.45) is 7.05 Å². The second kappa shape index (κ2) is 3.38. The monoisotopic (exact) mass is 208 g/mol. The molecule has 0 spiro atoms. The van der Waals surface area contributed by atoms with Crippen molar-refractivity contribution in [2.75, 3.05) is 0 Å². The Morgan fingerprint density at radius 1 is 1.44 bits per heavy atom. The molecule has 1 aliphatic rings.